The van der Waals surface area contributed by atoms with E-state index >= 15 is 0 Å². The highest BCUT2D eigenvalue weighted by molar-refractivity contribution is 9.11. The molecule has 0 bridgehead atoms. The van der Waals surface area contributed by atoms with Gasteiger partial charge in [0.15, 0.2) is 17.0 Å². The molecule has 5 atom stereocenters. The summed E-state index contributed by atoms with van der Waals surface area (Å²) >= 11 is 7.20. The number of benzene rings is 2. The summed E-state index contributed by atoms with van der Waals surface area (Å²) < 4.78 is 24.7. The van der Waals surface area contributed by atoms with E-state index in [9.17, 15) is 10.2 Å². The van der Waals surface area contributed by atoms with Crippen molar-refractivity contribution in [3.05, 3.63) is 74.4 Å². The van der Waals surface area contributed by atoms with Crippen molar-refractivity contribution in [2.75, 3.05) is 21.3 Å². The third-order valence-electron chi connectivity index (χ3n) is 7.57. The Morgan fingerprint density at radius 3 is 2.29 bits per heavy atom. The van der Waals surface area contributed by atoms with Crippen LogP contribution in [0.2, 0.25) is 0 Å². The average molecular weight is 654 g/mol. The number of ether oxygens (including phenoxy) is 4. The summed E-state index contributed by atoms with van der Waals surface area (Å²) in [7, 11) is 4.73. The van der Waals surface area contributed by atoms with Crippen LogP contribution in [0.15, 0.2) is 63.3 Å². The minimum Gasteiger partial charge on any atom is -0.501 e. The van der Waals surface area contributed by atoms with E-state index in [1.807, 2.05) is 76.3 Å². The van der Waals surface area contributed by atoms with E-state index in [2.05, 4.69) is 31.9 Å². The number of methoxy groups -OCH3 is 3. The summed E-state index contributed by atoms with van der Waals surface area (Å²) in [4.78, 5) is 0. The molecule has 1 aliphatic carbocycles. The van der Waals surface area contributed by atoms with Gasteiger partial charge in [0.2, 0.25) is 0 Å². The highest BCUT2D eigenvalue weighted by Crippen LogP contribution is 2.69. The molecule has 1 heterocycles. The largest absolute Gasteiger partial charge is 0.501 e. The Hall–Kier alpha value is -2.00. The molecule has 0 spiro atoms. The van der Waals surface area contributed by atoms with Crippen molar-refractivity contribution in [2.45, 2.75) is 63.8 Å². The van der Waals surface area contributed by atoms with Crippen LogP contribution in [0.3, 0.4) is 0 Å². The quantitative estimate of drug-likeness (QED) is 0.231. The molecule has 0 saturated heterocycles. The molecule has 0 aromatic heterocycles. The summed E-state index contributed by atoms with van der Waals surface area (Å²) in [6.07, 6.45) is 5.78. The smallest absolute Gasteiger partial charge is 0.163 e. The van der Waals surface area contributed by atoms with Gasteiger partial charge in [-0.1, -0.05) is 63.3 Å². The third-order valence-corrected chi connectivity index (χ3v) is 9.01. The Kier molecular flexibility index (Phi) is 10.0. The van der Waals surface area contributed by atoms with Crippen molar-refractivity contribution < 1.29 is 29.2 Å². The summed E-state index contributed by atoms with van der Waals surface area (Å²) in [6.45, 7) is 7.94. The second-order valence-electron chi connectivity index (χ2n) is 9.15. The Labute approximate surface area is 242 Å². The number of allylic oxidation sites excluding steroid dienone is 2. The van der Waals surface area contributed by atoms with Crippen LogP contribution in [-0.2, 0) is 10.3 Å². The number of hydrogen-bond acceptors (Lipinski definition) is 6. The molecule has 2 aliphatic rings. The van der Waals surface area contributed by atoms with Gasteiger partial charge in [-0.3, -0.25) is 0 Å². The molecule has 5 unspecified atom stereocenters. The molecule has 8 heteroatoms. The predicted octanol–water partition coefficient (Wildman–Crippen LogP) is 7.25. The standard InChI is InChI=1S/C28H32Br2O6.C2H6/c1-6-18(33-3)14-10-11-16(2)28-19(17-12-8-7-9-13-17)15-20(31)27(28,32)21-24(34-4)22(29)26(35-5)23(30)25(21)36-28;1-2/h6-13,16,19-20,31-32H,14-15H2,1-5H3;1-2H3/b11-10-,18-6+;. The van der Waals surface area contributed by atoms with Crippen molar-refractivity contribution in [1.82, 2.24) is 0 Å². The lowest BCUT2D eigenvalue weighted by Crippen LogP contribution is -2.58. The van der Waals surface area contributed by atoms with Crippen LogP contribution in [0.1, 0.15) is 57.6 Å². The lowest BCUT2D eigenvalue weighted by Gasteiger charge is -2.43. The molecule has 1 saturated carbocycles. The van der Waals surface area contributed by atoms with E-state index in [0.717, 1.165) is 11.3 Å². The normalized spacial score (nSPS) is 26.7. The van der Waals surface area contributed by atoms with Crippen LogP contribution in [0.25, 0.3) is 0 Å². The van der Waals surface area contributed by atoms with E-state index in [4.69, 9.17) is 18.9 Å². The van der Waals surface area contributed by atoms with Crippen LogP contribution < -0.4 is 14.2 Å². The van der Waals surface area contributed by atoms with Gasteiger partial charge in [0.05, 0.1) is 38.8 Å². The number of hydrogen-bond donors (Lipinski definition) is 2. The van der Waals surface area contributed by atoms with Crippen molar-refractivity contribution in [3.63, 3.8) is 0 Å². The van der Waals surface area contributed by atoms with Gasteiger partial charge in [0, 0.05) is 18.3 Å². The minimum absolute atomic E-state index is 0.310. The molecule has 208 valence electrons. The highest BCUT2D eigenvalue weighted by atomic mass is 79.9. The Bertz CT molecular complexity index is 1180. The van der Waals surface area contributed by atoms with E-state index < -0.39 is 17.3 Å². The molecule has 2 N–H and O–H groups in total. The molecule has 6 nitrogen and oxygen atoms in total. The van der Waals surface area contributed by atoms with Gasteiger partial charge in [-0.15, -0.1) is 0 Å². The fourth-order valence-corrected chi connectivity index (χ4v) is 7.52. The van der Waals surface area contributed by atoms with Gasteiger partial charge in [-0.2, -0.15) is 0 Å². The van der Waals surface area contributed by atoms with Gasteiger partial charge in [0.1, 0.15) is 20.4 Å². The zero-order chi connectivity index (χ0) is 28.3. The summed E-state index contributed by atoms with van der Waals surface area (Å²) in [6, 6.07) is 9.90. The van der Waals surface area contributed by atoms with Gasteiger partial charge >= 0.3 is 0 Å². The van der Waals surface area contributed by atoms with Gasteiger partial charge in [-0.25, -0.2) is 0 Å². The van der Waals surface area contributed by atoms with Crippen LogP contribution in [-0.4, -0.2) is 43.2 Å². The molecule has 2 aromatic rings. The SMILES string of the molecule is C/C=C(\C/C=C\C(C)C12Oc3c(Br)c(OC)c(Br)c(OC)c3C1(O)C(O)CC2c1ccccc1)OC.CC. The number of rotatable bonds is 8. The van der Waals surface area contributed by atoms with E-state index in [0.29, 0.717) is 44.6 Å². The maximum atomic E-state index is 12.6. The van der Waals surface area contributed by atoms with E-state index in [-0.39, 0.29) is 11.8 Å². The molecule has 38 heavy (non-hydrogen) atoms. The van der Waals surface area contributed by atoms with Crippen molar-refractivity contribution in [2.24, 2.45) is 5.92 Å². The van der Waals surface area contributed by atoms with Gasteiger partial charge in [0.25, 0.3) is 0 Å². The molecule has 0 amide bonds. The zero-order valence-electron chi connectivity index (χ0n) is 23.0. The fraction of sp³-hybridized carbons (Fsp3) is 0.467. The molecule has 0 radical (unpaired) electrons. The maximum Gasteiger partial charge on any atom is 0.163 e. The lowest BCUT2D eigenvalue weighted by molar-refractivity contribution is -0.159. The Morgan fingerprint density at radius 1 is 1.11 bits per heavy atom. The number of fused-ring (bicyclic) bond motifs is 3. The van der Waals surface area contributed by atoms with Crippen molar-refractivity contribution in [1.29, 1.82) is 0 Å². The van der Waals surface area contributed by atoms with E-state index in [1.165, 1.54) is 7.11 Å². The van der Waals surface area contributed by atoms with Crippen LogP contribution in [0, 0.1) is 5.92 Å². The van der Waals surface area contributed by atoms with Gasteiger partial charge < -0.3 is 29.2 Å². The van der Waals surface area contributed by atoms with Crippen LogP contribution >= 0.6 is 31.9 Å². The van der Waals surface area contributed by atoms with Crippen molar-refractivity contribution in [3.8, 4) is 17.2 Å². The average Bonchev–Trinajstić information content (AvgIpc) is 3.35. The highest BCUT2D eigenvalue weighted by Gasteiger charge is 2.74. The molecular weight excluding hydrogens is 616 g/mol. The zero-order valence-corrected chi connectivity index (χ0v) is 26.2. The predicted molar refractivity (Wildman–Crippen MR) is 157 cm³/mol. The summed E-state index contributed by atoms with van der Waals surface area (Å²) in [5.74, 6) is 1.47. The molecule has 1 fully saturated rings. The van der Waals surface area contributed by atoms with Crippen LogP contribution in [0.5, 0.6) is 17.2 Å². The third kappa shape index (κ3) is 4.57. The van der Waals surface area contributed by atoms with E-state index in [1.54, 1.807) is 14.2 Å². The number of aliphatic hydroxyl groups is 2. The minimum atomic E-state index is -1.76. The summed E-state index contributed by atoms with van der Waals surface area (Å²) in [5, 5.41) is 24.2. The topological polar surface area (TPSA) is 77.4 Å². The first-order valence-electron chi connectivity index (χ1n) is 12.9. The first kappa shape index (κ1) is 30.5. The first-order valence-corrected chi connectivity index (χ1v) is 14.4. The Morgan fingerprint density at radius 2 is 1.74 bits per heavy atom. The van der Waals surface area contributed by atoms with Crippen molar-refractivity contribution >= 4 is 31.9 Å². The molecular formula is C30H38Br2O6. The second kappa shape index (κ2) is 12.5. The van der Waals surface area contributed by atoms with Crippen LogP contribution in [0.4, 0.5) is 0 Å². The first-order chi connectivity index (χ1) is 18.2. The molecule has 2 aromatic carbocycles. The summed E-state index contributed by atoms with van der Waals surface area (Å²) in [5.41, 5.74) is -1.61. The second-order valence-corrected chi connectivity index (χ2v) is 10.7. The molecule has 4 rings (SSSR count). The number of halogens is 2. The molecule has 1 aliphatic heterocycles. The number of aliphatic hydroxyl groups excluding tert-OH is 1. The fourth-order valence-electron chi connectivity index (χ4n) is 5.89. The maximum absolute atomic E-state index is 12.6. The lowest BCUT2D eigenvalue weighted by atomic mass is 9.68. The Balaban J connectivity index is 0.00000195. The monoisotopic (exact) mass is 652 g/mol. The van der Waals surface area contributed by atoms with Gasteiger partial charge in [-0.05, 0) is 56.8 Å².